The molecule has 0 unspecified atom stereocenters. The van der Waals surface area contributed by atoms with Gasteiger partial charge in [0.1, 0.15) is 5.76 Å². The Hall–Kier alpha value is -1.99. The third kappa shape index (κ3) is 4.51. The molecule has 1 aromatic carbocycles. The summed E-state index contributed by atoms with van der Waals surface area (Å²) in [5.74, 6) is 0.128. The first kappa shape index (κ1) is 15.4. The molecule has 0 aliphatic rings. The van der Waals surface area contributed by atoms with Crippen LogP contribution in [-0.4, -0.2) is 20.6 Å². The molecule has 0 aliphatic heterocycles. The third-order valence-corrected chi connectivity index (χ3v) is 3.35. The Kier molecular flexibility index (Phi) is 4.54. The first-order valence-corrected chi connectivity index (χ1v) is 8.20. The van der Waals surface area contributed by atoms with Crippen molar-refractivity contribution in [3.8, 4) is 0 Å². The topological polar surface area (TPSA) is 88.4 Å². The molecule has 0 saturated carbocycles. The summed E-state index contributed by atoms with van der Waals surface area (Å²) in [7, 11) is -3.50. The van der Waals surface area contributed by atoms with Crippen LogP contribution in [0.3, 0.4) is 0 Å². The van der Waals surface area contributed by atoms with E-state index in [0.29, 0.717) is 10.8 Å². The molecule has 0 atom stereocenters. The SMILES string of the molecule is CS(=O)(=O)Nc1ccc(Cl)cc1C(=O)NCc1ccco1. The maximum Gasteiger partial charge on any atom is 0.253 e. The van der Waals surface area contributed by atoms with Gasteiger partial charge in [-0.3, -0.25) is 9.52 Å². The number of furan rings is 1. The minimum atomic E-state index is -3.50. The van der Waals surface area contributed by atoms with Crippen molar-refractivity contribution < 1.29 is 17.6 Å². The Labute approximate surface area is 127 Å². The average Bonchev–Trinajstić information content (AvgIpc) is 2.89. The number of carbonyl (C=O) groups excluding carboxylic acids is 1. The van der Waals surface area contributed by atoms with Gasteiger partial charge in [0, 0.05) is 5.02 Å². The van der Waals surface area contributed by atoms with Crippen molar-refractivity contribution in [3.05, 3.63) is 52.9 Å². The molecule has 2 aromatic rings. The lowest BCUT2D eigenvalue weighted by atomic mass is 10.1. The molecule has 21 heavy (non-hydrogen) atoms. The molecule has 1 heterocycles. The number of benzene rings is 1. The largest absolute Gasteiger partial charge is 0.467 e. The zero-order valence-corrected chi connectivity index (χ0v) is 12.7. The normalized spacial score (nSPS) is 11.1. The molecule has 1 aromatic heterocycles. The molecule has 0 aliphatic carbocycles. The molecule has 8 heteroatoms. The van der Waals surface area contributed by atoms with Gasteiger partial charge in [0.2, 0.25) is 10.0 Å². The quantitative estimate of drug-likeness (QED) is 0.881. The summed E-state index contributed by atoms with van der Waals surface area (Å²) < 4.78 is 30.0. The van der Waals surface area contributed by atoms with Crippen LogP contribution in [0, 0.1) is 0 Å². The van der Waals surface area contributed by atoms with E-state index in [9.17, 15) is 13.2 Å². The summed E-state index contributed by atoms with van der Waals surface area (Å²) in [6, 6.07) is 7.75. The second kappa shape index (κ2) is 6.19. The zero-order chi connectivity index (χ0) is 15.5. The van der Waals surface area contributed by atoms with Crippen molar-refractivity contribution in [2.75, 3.05) is 11.0 Å². The van der Waals surface area contributed by atoms with Gasteiger partial charge >= 0.3 is 0 Å². The van der Waals surface area contributed by atoms with Crippen molar-refractivity contribution in [2.45, 2.75) is 6.54 Å². The van der Waals surface area contributed by atoms with Crippen molar-refractivity contribution in [1.82, 2.24) is 5.32 Å². The van der Waals surface area contributed by atoms with Crippen molar-refractivity contribution in [3.63, 3.8) is 0 Å². The van der Waals surface area contributed by atoms with Crippen LogP contribution in [0.15, 0.2) is 41.0 Å². The van der Waals surface area contributed by atoms with Crippen molar-refractivity contribution >= 4 is 33.2 Å². The third-order valence-electron chi connectivity index (χ3n) is 2.52. The zero-order valence-electron chi connectivity index (χ0n) is 11.1. The van der Waals surface area contributed by atoms with Gasteiger partial charge in [-0.2, -0.15) is 0 Å². The maximum atomic E-state index is 12.2. The number of amides is 1. The van der Waals surface area contributed by atoms with Crippen LogP contribution < -0.4 is 10.0 Å². The number of carbonyl (C=O) groups is 1. The number of halogens is 1. The Balaban J connectivity index is 2.20. The molecule has 0 saturated heterocycles. The smallest absolute Gasteiger partial charge is 0.253 e. The number of anilines is 1. The molecule has 0 fully saturated rings. The highest BCUT2D eigenvalue weighted by atomic mass is 35.5. The van der Waals surface area contributed by atoms with E-state index in [1.807, 2.05) is 0 Å². The molecular weight excluding hydrogens is 316 g/mol. The minimum Gasteiger partial charge on any atom is -0.467 e. The Morgan fingerprint density at radius 2 is 2.10 bits per heavy atom. The molecule has 1 amide bonds. The fraction of sp³-hybridized carbons (Fsp3) is 0.154. The predicted octanol–water partition coefficient (Wildman–Crippen LogP) is 2.23. The molecule has 6 nitrogen and oxygen atoms in total. The maximum absolute atomic E-state index is 12.2. The summed E-state index contributed by atoms with van der Waals surface area (Å²) >= 11 is 5.86. The van der Waals surface area contributed by atoms with Crippen molar-refractivity contribution in [2.24, 2.45) is 0 Å². The fourth-order valence-corrected chi connectivity index (χ4v) is 2.42. The summed E-state index contributed by atoms with van der Waals surface area (Å²) in [5, 5.41) is 2.96. The van der Waals surface area contributed by atoms with E-state index in [1.54, 1.807) is 12.1 Å². The standard InChI is InChI=1S/C13H13ClN2O4S/c1-21(18,19)16-12-5-4-9(14)7-11(12)13(17)15-8-10-3-2-6-20-10/h2-7,16H,8H2,1H3,(H,15,17). The van der Waals surface area contributed by atoms with Crippen LogP contribution in [0.25, 0.3) is 0 Å². The first-order chi connectivity index (χ1) is 9.85. The number of hydrogen-bond acceptors (Lipinski definition) is 4. The Morgan fingerprint density at radius 1 is 1.33 bits per heavy atom. The van der Waals surface area contributed by atoms with Gasteiger partial charge in [0.15, 0.2) is 0 Å². The molecule has 0 radical (unpaired) electrons. The second-order valence-electron chi connectivity index (χ2n) is 4.33. The van der Waals surface area contributed by atoms with Gasteiger partial charge in [0.25, 0.3) is 5.91 Å². The highest BCUT2D eigenvalue weighted by molar-refractivity contribution is 7.92. The second-order valence-corrected chi connectivity index (χ2v) is 6.51. The predicted molar refractivity (Wildman–Crippen MR) is 79.8 cm³/mol. The number of sulfonamides is 1. The molecular formula is C13H13ClN2O4S. The van der Waals surface area contributed by atoms with E-state index in [0.717, 1.165) is 6.26 Å². The summed E-state index contributed by atoms with van der Waals surface area (Å²) in [6.07, 6.45) is 2.50. The molecule has 0 bridgehead atoms. The first-order valence-electron chi connectivity index (χ1n) is 5.93. The van der Waals surface area contributed by atoms with Crippen LogP contribution in [0.1, 0.15) is 16.1 Å². The van der Waals surface area contributed by atoms with Crippen LogP contribution >= 0.6 is 11.6 Å². The van der Waals surface area contributed by atoms with Crippen LogP contribution in [0.5, 0.6) is 0 Å². The van der Waals surface area contributed by atoms with E-state index < -0.39 is 15.9 Å². The van der Waals surface area contributed by atoms with E-state index in [4.69, 9.17) is 16.0 Å². The Bertz CT molecular complexity index is 742. The van der Waals surface area contributed by atoms with Gasteiger partial charge in [-0.1, -0.05) is 11.6 Å². The number of rotatable bonds is 5. The molecule has 2 N–H and O–H groups in total. The van der Waals surface area contributed by atoms with Crippen LogP contribution in [-0.2, 0) is 16.6 Å². The van der Waals surface area contributed by atoms with Gasteiger partial charge in [-0.05, 0) is 30.3 Å². The highest BCUT2D eigenvalue weighted by Gasteiger charge is 2.15. The van der Waals surface area contributed by atoms with E-state index >= 15 is 0 Å². The van der Waals surface area contributed by atoms with Gasteiger partial charge < -0.3 is 9.73 Å². The van der Waals surface area contributed by atoms with Crippen LogP contribution in [0.2, 0.25) is 5.02 Å². The van der Waals surface area contributed by atoms with Crippen molar-refractivity contribution in [1.29, 1.82) is 0 Å². The van der Waals surface area contributed by atoms with E-state index in [1.165, 1.54) is 24.5 Å². The summed E-state index contributed by atoms with van der Waals surface area (Å²) in [5.41, 5.74) is 0.304. The average molecular weight is 329 g/mol. The number of hydrogen-bond donors (Lipinski definition) is 2. The highest BCUT2D eigenvalue weighted by Crippen LogP contribution is 2.21. The van der Waals surface area contributed by atoms with Gasteiger partial charge in [0.05, 0.1) is 30.3 Å². The molecule has 112 valence electrons. The lowest BCUT2D eigenvalue weighted by Crippen LogP contribution is -2.24. The lowest BCUT2D eigenvalue weighted by Gasteiger charge is -2.11. The van der Waals surface area contributed by atoms with Crippen LogP contribution in [0.4, 0.5) is 5.69 Å². The monoisotopic (exact) mass is 328 g/mol. The van der Waals surface area contributed by atoms with Gasteiger partial charge in [-0.25, -0.2) is 8.42 Å². The minimum absolute atomic E-state index is 0.138. The summed E-state index contributed by atoms with van der Waals surface area (Å²) in [6.45, 7) is 0.191. The van der Waals surface area contributed by atoms with E-state index in [2.05, 4.69) is 10.0 Å². The van der Waals surface area contributed by atoms with Gasteiger partial charge in [-0.15, -0.1) is 0 Å². The fourth-order valence-electron chi connectivity index (χ4n) is 1.67. The lowest BCUT2D eigenvalue weighted by molar-refractivity contribution is 0.0949. The molecule has 0 spiro atoms. The number of nitrogens with one attached hydrogen (secondary N) is 2. The summed E-state index contributed by atoms with van der Waals surface area (Å²) in [4.78, 5) is 12.2. The van der Waals surface area contributed by atoms with E-state index in [-0.39, 0.29) is 17.8 Å². The Morgan fingerprint density at radius 3 is 2.71 bits per heavy atom. The molecule has 2 rings (SSSR count).